The summed E-state index contributed by atoms with van der Waals surface area (Å²) in [5.41, 5.74) is 3.48. The zero-order chi connectivity index (χ0) is 24.5. The minimum absolute atomic E-state index is 0.0258. The first-order chi connectivity index (χ1) is 16.1. The highest BCUT2D eigenvalue weighted by Gasteiger charge is 2.21. The molecule has 0 aliphatic carbocycles. The van der Waals surface area contributed by atoms with Gasteiger partial charge in [-0.3, -0.25) is 4.79 Å². The zero-order valence-corrected chi connectivity index (χ0v) is 20.3. The Kier molecular flexibility index (Phi) is 6.45. The number of esters is 1. The Morgan fingerprint density at radius 2 is 1.65 bits per heavy atom. The quantitative estimate of drug-likeness (QED) is 0.230. The molecule has 0 unspecified atom stereocenters. The Balaban J connectivity index is 1.77. The maximum absolute atomic E-state index is 13.4. The molecule has 3 aromatic carbocycles. The number of halogens is 1. The highest BCUT2D eigenvalue weighted by molar-refractivity contribution is 6.30. The fraction of sp³-hybridized carbons (Fsp3) is 0.172. The highest BCUT2D eigenvalue weighted by atomic mass is 35.5. The molecular weight excluding hydrogens is 448 g/mol. The number of aryl methyl sites for hydroxylation is 1. The summed E-state index contributed by atoms with van der Waals surface area (Å²) in [6.45, 7) is 8.26. The molecular formula is C29H25ClO4. The molecule has 172 valence electrons. The fourth-order valence-electron chi connectivity index (χ4n) is 3.57. The van der Waals surface area contributed by atoms with Crippen molar-refractivity contribution in [2.75, 3.05) is 0 Å². The fourth-order valence-corrected chi connectivity index (χ4v) is 3.70. The second-order valence-electron chi connectivity index (χ2n) is 9.22. The molecule has 4 nitrogen and oxygen atoms in total. The Morgan fingerprint density at radius 1 is 0.971 bits per heavy atom. The summed E-state index contributed by atoms with van der Waals surface area (Å²) in [5, 5.41) is 0.963. The summed E-state index contributed by atoms with van der Waals surface area (Å²) >= 11 is 5.91. The molecule has 0 aliphatic heterocycles. The molecule has 1 heterocycles. The summed E-state index contributed by atoms with van der Waals surface area (Å²) in [7, 11) is 0. The van der Waals surface area contributed by atoms with Gasteiger partial charge in [0.15, 0.2) is 5.76 Å². The van der Waals surface area contributed by atoms with Crippen LogP contribution in [0.15, 0.2) is 82.0 Å². The van der Waals surface area contributed by atoms with Crippen molar-refractivity contribution in [1.82, 2.24) is 0 Å². The molecule has 0 saturated heterocycles. The van der Waals surface area contributed by atoms with Crippen LogP contribution in [-0.4, -0.2) is 5.97 Å². The summed E-state index contributed by atoms with van der Waals surface area (Å²) < 4.78 is 11.7. The highest BCUT2D eigenvalue weighted by Crippen LogP contribution is 2.33. The molecule has 0 saturated carbocycles. The lowest BCUT2D eigenvalue weighted by atomic mass is 9.86. The van der Waals surface area contributed by atoms with Crippen molar-refractivity contribution < 1.29 is 13.9 Å². The summed E-state index contributed by atoms with van der Waals surface area (Å²) in [4.78, 5) is 26.0. The molecule has 0 radical (unpaired) electrons. The smallest absolute Gasteiger partial charge is 0.336 e. The van der Waals surface area contributed by atoms with E-state index in [1.165, 1.54) is 6.08 Å². The van der Waals surface area contributed by atoms with Crippen LogP contribution < -0.4 is 10.2 Å². The van der Waals surface area contributed by atoms with Crippen molar-refractivity contribution in [1.29, 1.82) is 0 Å². The number of ether oxygens (including phenoxy) is 1. The summed E-state index contributed by atoms with van der Waals surface area (Å²) in [5.74, 6) is -0.593. The minimum Gasteiger partial charge on any atom is -0.452 e. The first kappa shape index (κ1) is 23.5. The lowest BCUT2D eigenvalue weighted by Crippen LogP contribution is -2.14. The molecule has 1 aromatic heterocycles. The van der Waals surface area contributed by atoms with Gasteiger partial charge in [0, 0.05) is 16.7 Å². The third kappa shape index (κ3) is 5.13. The summed E-state index contributed by atoms with van der Waals surface area (Å²) in [6, 6.07) is 20.1. The van der Waals surface area contributed by atoms with E-state index in [0.29, 0.717) is 21.6 Å². The molecule has 0 bridgehead atoms. The third-order valence-corrected chi connectivity index (χ3v) is 5.75. The number of benzene rings is 3. The zero-order valence-electron chi connectivity index (χ0n) is 19.5. The lowest BCUT2D eigenvalue weighted by Gasteiger charge is -2.19. The van der Waals surface area contributed by atoms with Crippen molar-refractivity contribution in [2.24, 2.45) is 0 Å². The van der Waals surface area contributed by atoms with E-state index >= 15 is 0 Å². The predicted octanol–water partition coefficient (Wildman–Crippen LogP) is 7.34. The van der Waals surface area contributed by atoms with Crippen LogP contribution in [0.5, 0.6) is 5.75 Å². The monoisotopic (exact) mass is 472 g/mol. The Labute approximate surface area is 203 Å². The maximum atomic E-state index is 13.4. The van der Waals surface area contributed by atoms with Gasteiger partial charge in [0.1, 0.15) is 5.58 Å². The van der Waals surface area contributed by atoms with Gasteiger partial charge in [-0.05, 0) is 53.8 Å². The van der Waals surface area contributed by atoms with Crippen LogP contribution in [-0.2, 0) is 10.2 Å². The van der Waals surface area contributed by atoms with E-state index in [0.717, 1.165) is 16.7 Å². The standard InChI is InChI=1S/C29H25ClO4/c1-18-5-15-24-23(17-18)26(32)28(34-25(31)16-8-19-6-13-22(30)14-7-19)27(33-24)20-9-11-21(12-10-20)29(2,3)4/h5-17H,1-4H3/b16-8+. The molecule has 34 heavy (non-hydrogen) atoms. The van der Waals surface area contributed by atoms with Gasteiger partial charge >= 0.3 is 5.97 Å². The Morgan fingerprint density at radius 3 is 2.29 bits per heavy atom. The molecule has 0 amide bonds. The normalized spacial score (nSPS) is 11.8. The van der Waals surface area contributed by atoms with Crippen molar-refractivity contribution in [3.63, 3.8) is 0 Å². The molecule has 0 atom stereocenters. The van der Waals surface area contributed by atoms with Crippen LogP contribution in [0.2, 0.25) is 5.02 Å². The Hall–Kier alpha value is -3.63. The van der Waals surface area contributed by atoms with Crippen LogP contribution in [0.25, 0.3) is 28.4 Å². The SMILES string of the molecule is Cc1ccc2oc(-c3ccc(C(C)(C)C)cc3)c(OC(=O)/C=C/c3ccc(Cl)cc3)c(=O)c2c1. The van der Waals surface area contributed by atoms with E-state index < -0.39 is 11.4 Å². The molecule has 4 aromatic rings. The summed E-state index contributed by atoms with van der Waals surface area (Å²) in [6.07, 6.45) is 2.87. The average Bonchev–Trinajstić information content (AvgIpc) is 2.80. The van der Waals surface area contributed by atoms with Crippen molar-refractivity contribution in [3.05, 3.63) is 105 Å². The largest absolute Gasteiger partial charge is 0.452 e. The number of carbonyl (C=O) groups excluding carboxylic acids is 1. The van der Waals surface area contributed by atoms with Crippen LogP contribution in [0.1, 0.15) is 37.5 Å². The first-order valence-corrected chi connectivity index (χ1v) is 11.3. The number of rotatable bonds is 4. The van der Waals surface area contributed by atoms with Crippen LogP contribution in [0.3, 0.4) is 0 Å². The number of hydrogen-bond acceptors (Lipinski definition) is 4. The molecule has 0 fully saturated rings. The second-order valence-corrected chi connectivity index (χ2v) is 9.66. The number of hydrogen-bond donors (Lipinski definition) is 0. The molecule has 0 N–H and O–H groups in total. The van der Waals surface area contributed by atoms with E-state index in [1.54, 1.807) is 42.5 Å². The second kappa shape index (κ2) is 9.32. The first-order valence-electron chi connectivity index (χ1n) is 11.0. The third-order valence-electron chi connectivity index (χ3n) is 5.50. The predicted molar refractivity (Wildman–Crippen MR) is 137 cm³/mol. The Bertz CT molecular complexity index is 1440. The van der Waals surface area contributed by atoms with Gasteiger partial charge in [0.25, 0.3) is 0 Å². The van der Waals surface area contributed by atoms with E-state index in [-0.39, 0.29) is 16.9 Å². The van der Waals surface area contributed by atoms with E-state index in [9.17, 15) is 9.59 Å². The molecule has 0 aliphatic rings. The maximum Gasteiger partial charge on any atom is 0.336 e. The van der Waals surface area contributed by atoms with Gasteiger partial charge in [0.05, 0.1) is 5.39 Å². The number of carbonyl (C=O) groups is 1. The van der Waals surface area contributed by atoms with Crippen LogP contribution in [0, 0.1) is 6.92 Å². The van der Waals surface area contributed by atoms with Gasteiger partial charge in [-0.25, -0.2) is 4.79 Å². The molecule has 4 rings (SSSR count). The van der Waals surface area contributed by atoms with Crippen LogP contribution >= 0.6 is 11.6 Å². The van der Waals surface area contributed by atoms with Gasteiger partial charge in [-0.15, -0.1) is 0 Å². The van der Waals surface area contributed by atoms with E-state index in [4.69, 9.17) is 20.8 Å². The topological polar surface area (TPSA) is 56.5 Å². The van der Waals surface area contributed by atoms with Crippen molar-refractivity contribution in [2.45, 2.75) is 33.1 Å². The van der Waals surface area contributed by atoms with Gasteiger partial charge in [0.2, 0.25) is 11.2 Å². The molecule has 5 heteroatoms. The van der Waals surface area contributed by atoms with Gasteiger partial charge in [-0.2, -0.15) is 0 Å². The van der Waals surface area contributed by atoms with Crippen molar-refractivity contribution in [3.8, 4) is 17.1 Å². The van der Waals surface area contributed by atoms with E-state index in [2.05, 4.69) is 20.8 Å². The number of fused-ring (bicyclic) bond motifs is 1. The van der Waals surface area contributed by atoms with E-state index in [1.807, 2.05) is 37.3 Å². The van der Waals surface area contributed by atoms with Crippen molar-refractivity contribution >= 4 is 34.6 Å². The lowest BCUT2D eigenvalue weighted by molar-refractivity contribution is -0.129. The minimum atomic E-state index is -0.679. The molecule has 0 spiro atoms. The van der Waals surface area contributed by atoms with Crippen LogP contribution in [0.4, 0.5) is 0 Å². The van der Waals surface area contributed by atoms with Gasteiger partial charge in [-0.1, -0.05) is 80.4 Å². The van der Waals surface area contributed by atoms with Gasteiger partial charge < -0.3 is 9.15 Å². The average molecular weight is 473 g/mol.